The highest BCUT2D eigenvalue weighted by molar-refractivity contribution is 5.75. The molecule has 2 aromatic rings. The second-order valence-corrected chi connectivity index (χ2v) is 10.3. The molecule has 3 unspecified atom stereocenters. The van der Waals surface area contributed by atoms with Crippen LogP contribution in [0.1, 0.15) is 35.7 Å². The van der Waals surface area contributed by atoms with Crippen LogP contribution in [0.25, 0.3) is 0 Å². The average Bonchev–Trinajstić information content (AvgIpc) is 3.32. The third-order valence-corrected chi connectivity index (χ3v) is 7.63. The highest BCUT2D eigenvalue weighted by Crippen LogP contribution is 2.36. The zero-order valence-corrected chi connectivity index (χ0v) is 21.8. The van der Waals surface area contributed by atoms with E-state index in [1.165, 1.54) is 24.1 Å². The quantitative estimate of drug-likeness (QED) is 0.494. The Bertz CT molecular complexity index is 1250. The van der Waals surface area contributed by atoms with Crippen molar-refractivity contribution in [3.63, 3.8) is 0 Å². The Labute approximate surface area is 224 Å². The molecule has 0 saturated carbocycles. The fraction of sp³-hybridized carbons (Fsp3) is 0.481. The summed E-state index contributed by atoms with van der Waals surface area (Å²) in [5, 5.41) is 2.84. The number of alkyl halides is 3. The van der Waals surface area contributed by atoms with Crippen LogP contribution in [-0.4, -0.2) is 66.3 Å². The fourth-order valence-corrected chi connectivity index (χ4v) is 5.68. The summed E-state index contributed by atoms with van der Waals surface area (Å²) < 4.78 is 61.3. The number of aryl methyl sites for hydroxylation is 1. The third kappa shape index (κ3) is 5.96. The standard InChI is InChI=1S/C27H32F4N6O2/c1-16-10-17(6-8-32-16)25-21-15-37(9-7-23(21)34-35-25)26(38)33-19-11-18(27(29,30)31)12-36(13-19)14-20-22(28)4-3-5-24(20)39-2/h3-6,8,10,18-19,25,34-35H,7,9,11-15H2,1-2H3,(H,33,38). The van der Waals surface area contributed by atoms with Crippen LogP contribution in [0.15, 0.2) is 47.8 Å². The van der Waals surface area contributed by atoms with Crippen LogP contribution in [0.2, 0.25) is 0 Å². The maximum Gasteiger partial charge on any atom is 0.393 e. The molecule has 3 aliphatic heterocycles. The van der Waals surface area contributed by atoms with Crippen molar-refractivity contribution in [2.75, 3.05) is 33.3 Å². The van der Waals surface area contributed by atoms with Gasteiger partial charge in [0.05, 0.1) is 19.1 Å². The number of carbonyl (C=O) groups is 1. The molecule has 4 heterocycles. The lowest BCUT2D eigenvalue weighted by molar-refractivity contribution is -0.189. The van der Waals surface area contributed by atoms with Gasteiger partial charge in [0, 0.05) is 68.3 Å². The number of hydrogen-bond donors (Lipinski definition) is 3. The van der Waals surface area contributed by atoms with Gasteiger partial charge in [0.1, 0.15) is 11.6 Å². The number of ether oxygens (including phenoxy) is 1. The number of aromatic nitrogens is 1. The SMILES string of the molecule is COc1cccc(F)c1CN1CC(NC(=O)N2CCC3=C(C2)C(c2ccnc(C)c2)NN3)CC(C(F)(F)F)C1. The molecule has 0 spiro atoms. The van der Waals surface area contributed by atoms with Crippen molar-refractivity contribution in [2.24, 2.45) is 5.92 Å². The maximum atomic E-state index is 14.5. The van der Waals surface area contributed by atoms with Gasteiger partial charge in [-0.15, -0.1) is 0 Å². The summed E-state index contributed by atoms with van der Waals surface area (Å²) in [6.07, 6.45) is -2.33. The van der Waals surface area contributed by atoms with Gasteiger partial charge in [-0.1, -0.05) is 6.07 Å². The number of benzene rings is 1. The number of nitrogens with one attached hydrogen (secondary N) is 3. The summed E-state index contributed by atoms with van der Waals surface area (Å²) in [5.74, 6) is -1.91. The van der Waals surface area contributed by atoms with Gasteiger partial charge < -0.3 is 20.4 Å². The van der Waals surface area contributed by atoms with Crippen molar-refractivity contribution in [3.05, 3.63) is 70.4 Å². The van der Waals surface area contributed by atoms with Crippen LogP contribution in [0, 0.1) is 18.7 Å². The molecule has 5 rings (SSSR count). The summed E-state index contributed by atoms with van der Waals surface area (Å²) in [5.41, 5.74) is 10.6. The maximum absolute atomic E-state index is 14.5. The van der Waals surface area contributed by atoms with Crippen molar-refractivity contribution in [1.29, 1.82) is 0 Å². The van der Waals surface area contributed by atoms with Gasteiger partial charge in [-0.05, 0) is 48.7 Å². The van der Waals surface area contributed by atoms with E-state index in [1.807, 2.05) is 19.1 Å². The van der Waals surface area contributed by atoms with E-state index in [9.17, 15) is 22.4 Å². The zero-order valence-electron chi connectivity index (χ0n) is 21.8. The van der Waals surface area contributed by atoms with E-state index in [1.54, 1.807) is 17.2 Å². The number of piperidine rings is 1. The average molecular weight is 549 g/mol. The van der Waals surface area contributed by atoms with Crippen molar-refractivity contribution >= 4 is 6.03 Å². The van der Waals surface area contributed by atoms with Gasteiger partial charge in [-0.25, -0.2) is 14.6 Å². The molecule has 1 aromatic carbocycles. The molecular formula is C27H32F4N6O2. The number of pyridine rings is 1. The van der Waals surface area contributed by atoms with E-state index in [-0.39, 0.29) is 43.4 Å². The topological polar surface area (TPSA) is 81.8 Å². The van der Waals surface area contributed by atoms with Crippen LogP contribution in [0.3, 0.4) is 0 Å². The van der Waals surface area contributed by atoms with Crippen molar-refractivity contribution in [3.8, 4) is 5.75 Å². The second kappa shape index (κ2) is 11.0. The van der Waals surface area contributed by atoms with Crippen molar-refractivity contribution < 1.29 is 27.1 Å². The molecule has 39 heavy (non-hydrogen) atoms. The largest absolute Gasteiger partial charge is 0.496 e. The van der Waals surface area contributed by atoms with Crippen molar-refractivity contribution in [2.45, 2.75) is 44.6 Å². The number of hydrazine groups is 1. The number of carbonyl (C=O) groups excluding carboxylic acids is 1. The molecule has 3 aliphatic rings. The van der Waals surface area contributed by atoms with Crippen molar-refractivity contribution in [1.82, 2.24) is 31.0 Å². The monoisotopic (exact) mass is 548 g/mol. The van der Waals surface area contributed by atoms with Crippen LogP contribution >= 0.6 is 0 Å². The smallest absolute Gasteiger partial charge is 0.393 e. The number of methoxy groups -OCH3 is 1. The third-order valence-electron chi connectivity index (χ3n) is 7.63. The first-order valence-corrected chi connectivity index (χ1v) is 12.9. The Morgan fingerprint density at radius 2 is 2.08 bits per heavy atom. The van der Waals surface area contributed by atoms with Crippen LogP contribution < -0.4 is 20.9 Å². The molecule has 1 aromatic heterocycles. The van der Waals surface area contributed by atoms with Gasteiger partial charge in [0.15, 0.2) is 0 Å². The molecule has 1 saturated heterocycles. The van der Waals surface area contributed by atoms with E-state index in [4.69, 9.17) is 4.74 Å². The van der Waals surface area contributed by atoms with Gasteiger partial charge in [-0.2, -0.15) is 13.2 Å². The summed E-state index contributed by atoms with van der Waals surface area (Å²) >= 11 is 0. The van der Waals surface area contributed by atoms with Gasteiger partial charge in [0.2, 0.25) is 0 Å². The first-order chi connectivity index (χ1) is 18.6. The van der Waals surface area contributed by atoms with E-state index in [0.717, 1.165) is 22.5 Å². The molecule has 3 N–H and O–H groups in total. The normalized spacial score (nSPS) is 23.8. The van der Waals surface area contributed by atoms with E-state index >= 15 is 0 Å². The minimum atomic E-state index is -4.44. The Kier molecular flexibility index (Phi) is 7.68. The minimum Gasteiger partial charge on any atom is -0.496 e. The number of amides is 2. The predicted molar refractivity (Wildman–Crippen MR) is 136 cm³/mol. The van der Waals surface area contributed by atoms with E-state index in [2.05, 4.69) is 21.2 Å². The first-order valence-electron chi connectivity index (χ1n) is 12.9. The number of likely N-dealkylation sites (tertiary alicyclic amines) is 1. The number of urea groups is 1. The first kappa shape index (κ1) is 27.2. The number of hydrogen-bond acceptors (Lipinski definition) is 6. The fourth-order valence-electron chi connectivity index (χ4n) is 5.68. The molecule has 12 heteroatoms. The van der Waals surface area contributed by atoms with Gasteiger partial charge >= 0.3 is 12.2 Å². The highest BCUT2D eigenvalue weighted by atomic mass is 19.4. The molecule has 0 aliphatic carbocycles. The lowest BCUT2D eigenvalue weighted by Gasteiger charge is -2.40. The van der Waals surface area contributed by atoms with Gasteiger partial charge in [0.25, 0.3) is 0 Å². The lowest BCUT2D eigenvalue weighted by atomic mass is 9.93. The molecule has 0 radical (unpaired) electrons. The Morgan fingerprint density at radius 3 is 2.82 bits per heavy atom. The van der Waals surface area contributed by atoms with E-state index in [0.29, 0.717) is 19.5 Å². The zero-order chi connectivity index (χ0) is 27.7. The van der Waals surface area contributed by atoms with Crippen LogP contribution in [0.4, 0.5) is 22.4 Å². The van der Waals surface area contributed by atoms with E-state index < -0.39 is 30.0 Å². The summed E-state index contributed by atoms with van der Waals surface area (Å²) in [6, 6.07) is 6.94. The Balaban J connectivity index is 1.28. The Morgan fingerprint density at radius 1 is 1.26 bits per heavy atom. The van der Waals surface area contributed by atoms with Crippen LogP contribution in [-0.2, 0) is 6.54 Å². The molecule has 3 atom stereocenters. The number of halogens is 4. The highest BCUT2D eigenvalue weighted by Gasteiger charge is 2.45. The minimum absolute atomic E-state index is 0.0564. The summed E-state index contributed by atoms with van der Waals surface area (Å²) in [6.45, 7) is 2.52. The summed E-state index contributed by atoms with van der Waals surface area (Å²) in [4.78, 5) is 20.7. The predicted octanol–water partition coefficient (Wildman–Crippen LogP) is 3.81. The van der Waals surface area contributed by atoms with Crippen LogP contribution in [0.5, 0.6) is 5.75 Å². The molecule has 0 bridgehead atoms. The molecule has 2 amide bonds. The Hall–Kier alpha value is -3.38. The molecule has 210 valence electrons. The second-order valence-electron chi connectivity index (χ2n) is 10.3. The summed E-state index contributed by atoms with van der Waals surface area (Å²) in [7, 11) is 1.39. The molecular weight excluding hydrogens is 516 g/mol. The number of rotatable bonds is 5. The number of nitrogens with zero attached hydrogens (tertiary/aromatic N) is 3. The molecule has 8 nitrogen and oxygen atoms in total. The van der Waals surface area contributed by atoms with Gasteiger partial charge in [-0.3, -0.25) is 9.88 Å². The lowest BCUT2D eigenvalue weighted by Crippen LogP contribution is -2.56. The molecule has 1 fully saturated rings.